The number of carbonyl (C=O) groups is 4. The highest BCUT2D eigenvalue weighted by Gasteiger charge is 2.60. The van der Waals surface area contributed by atoms with Gasteiger partial charge in [-0.25, -0.2) is 4.79 Å². The number of thioether (sulfide) groups is 1. The third-order valence-electron chi connectivity index (χ3n) is 10.4. The summed E-state index contributed by atoms with van der Waals surface area (Å²) in [5.74, 6) is -1.71. The molecule has 15 nitrogen and oxygen atoms in total. The number of methoxy groups -OCH3 is 1. The van der Waals surface area contributed by atoms with Gasteiger partial charge < -0.3 is 44.3 Å². The predicted molar refractivity (Wildman–Crippen MR) is 175 cm³/mol. The first kappa shape index (κ1) is 34.2. The van der Waals surface area contributed by atoms with Gasteiger partial charge in [0.2, 0.25) is 12.7 Å². The summed E-state index contributed by atoms with van der Waals surface area (Å²) in [7, 11) is 3.39. The van der Waals surface area contributed by atoms with Crippen LogP contribution in [0.5, 0.6) is 28.7 Å². The number of piperazine rings is 1. The maximum Gasteiger partial charge on any atom is 0.329 e. The van der Waals surface area contributed by atoms with Gasteiger partial charge in [-0.3, -0.25) is 24.2 Å². The largest absolute Gasteiger partial charge is 0.504 e. The summed E-state index contributed by atoms with van der Waals surface area (Å²) < 4.78 is 29.5. The maximum atomic E-state index is 13.6. The molecule has 5 aliphatic heterocycles. The van der Waals surface area contributed by atoms with Crippen LogP contribution in [0.4, 0.5) is 0 Å². The third-order valence-corrected chi connectivity index (χ3v) is 11.8. The number of fused-ring (bicyclic) bond motifs is 9. The number of phenols is 1. The predicted octanol–water partition coefficient (Wildman–Crippen LogP) is 2.01. The Hall–Kier alpha value is -4.25. The molecule has 2 saturated heterocycles. The van der Waals surface area contributed by atoms with Gasteiger partial charge in [0, 0.05) is 47.4 Å². The SMILES string of the molecule is COc1c(C)cc2c(c1O)[C@@H]1C3[C@@H]4SC[C@H](NC(=O)CCC(=O)O)C(=O)OC[C@H](c5c6c(c(C)c(OC(C)=O)c54)OCO6)N3[C@@H](O)[C@@H](C2)N1C. The van der Waals surface area contributed by atoms with Crippen LogP contribution in [-0.2, 0) is 30.3 Å². The van der Waals surface area contributed by atoms with Crippen molar-refractivity contribution in [3.05, 3.63) is 39.4 Å². The summed E-state index contributed by atoms with van der Waals surface area (Å²) in [4.78, 5) is 54.1. The second kappa shape index (κ2) is 12.8. The van der Waals surface area contributed by atoms with Crippen LogP contribution < -0.4 is 24.3 Å². The van der Waals surface area contributed by atoms with E-state index in [0.717, 1.165) is 11.1 Å². The van der Waals surface area contributed by atoms with Crippen molar-refractivity contribution in [3.63, 3.8) is 0 Å². The Bertz CT molecular complexity index is 1800. The number of rotatable bonds is 6. The monoisotopic (exact) mass is 713 g/mol. The van der Waals surface area contributed by atoms with E-state index < -0.39 is 71.9 Å². The molecular formula is C34H39N3O12S. The first-order valence-electron chi connectivity index (χ1n) is 16.3. The number of likely N-dealkylation sites (N-methyl/N-ethyl adjacent to an activating group) is 1. The fraction of sp³-hybridized carbons (Fsp3) is 0.529. The number of phenolic OH excluding ortho intramolecular Hbond substituents is 1. The van der Waals surface area contributed by atoms with Gasteiger partial charge in [-0.15, -0.1) is 11.8 Å². The second-order valence-corrected chi connectivity index (χ2v) is 14.4. The number of amides is 1. The number of cyclic esters (lactones) is 1. The number of nitrogens with one attached hydrogen (secondary N) is 1. The van der Waals surface area contributed by atoms with E-state index in [9.17, 15) is 29.4 Å². The molecule has 16 heteroatoms. The second-order valence-electron chi connectivity index (χ2n) is 13.2. The van der Waals surface area contributed by atoms with Gasteiger partial charge in [0.25, 0.3) is 0 Å². The molecule has 5 aliphatic rings. The minimum absolute atomic E-state index is 0.00981. The zero-order valence-electron chi connectivity index (χ0n) is 28.2. The van der Waals surface area contributed by atoms with Crippen LogP contribution in [0.25, 0.3) is 0 Å². The molecule has 50 heavy (non-hydrogen) atoms. The number of hydrogen-bond acceptors (Lipinski definition) is 14. The molecule has 2 aromatic carbocycles. The van der Waals surface area contributed by atoms with Crippen molar-refractivity contribution in [2.75, 3.05) is 33.3 Å². The van der Waals surface area contributed by atoms with E-state index in [1.54, 1.807) is 6.92 Å². The van der Waals surface area contributed by atoms with Crippen LogP contribution in [0.3, 0.4) is 0 Å². The number of carbonyl (C=O) groups excluding carboxylic acids is 3. The molecule has 7 rings (SSSR count). The highest BCUT2D eigenvalue weighted by Crippen LogP contribution is 2.63. The van der Waals surface area contributed by atoms with Gasteiger partial charge in [-0.1, -0.05) is 6.07 Å². The number of carboxylic acids is 1. The van der Waals surface area contributed by atoms with Crippen molar-refractivity contribution in [3.8, 4) is 28.7 Å². The Kier molecular flexibility index (Phi) is 8.77. The van der Waals surface area contributed by atoms with Gasteiger partial charge in [0.15, 0.2) is 23.0 Å². The van der Waals surface area contributed by atoms with E-state index in [4.69, 9.17) is 28.8 Å². The number of aliphatic hydroxyl groups excluding tert-OH is 1. The molecule has 1 amide bonds. The number of esters is 2. The Morgan fingerprint density at radius 2 is 1.82 bits per heavy atom. The lowest BCUT2D eigenvalue weighted by molar-refractivity contribution is -0.184. The van der Waals surface area contributed by atoms with E-state index in [-0.39, 0.29) is 37.1 Å². The summed E-state index contributed by atoms with van der Waals surface area (Å²) in [6.07, 6.45) is -1.41. The molecule has 1 unspecified atom stereocenters. The van der Waals surface area contributed by atoms with Crippen molar-refractivity contribution in [2.45, 2.75) is 81.7 Å². The smallest absolute Gasteiger partial charge is 0.329 e. The fourth-order valence-electron chi connectivity index (χ4n) is 8.36. The minimum atomic E-state index is -1.15. The van der Waals surface area contributed by atoms with E-state index in [1.807, 2.05) is 29.8 Å². The molecule has 7 atom stereocenters. The number of hydrogen-bond donors (Lipinski definition) is 4. The molecule has 2 aromatic rings. The van der Waals surface area contributed by atoms with Crippen molar-refractivity contribution in [1.82, 2.24) is 15.1 Å². The number of aromatic hydroxyl groups is 1. The molecule has 4 N–H and O–H groups in total. The zero-order chi connectivity index (χ0) is 35.8. The highest BCUT2D eigenvalue weighted by molar-refractivity contribution is 7.99. The number of aliphatic carboxylic acids is 1. The lowest BCUT2D eigenvalue weighted by atomic mass is 9.73. The lowest BCUT2D eigenvalue weighted by Crippen LogP contribution is -2.69. The van der Waals surface area contributed by atoms with Gasteiger partial charge in [0.05, 0.1) is 36.9 Å². The van der Waals surface area contributed by atoms with E-state index in [2.05, 4.69) is 5.32 Å². The Labute approximate surface area is 291 Å². The van der Waals surface area contributed by atoms with E-state index >= 15 is 0 Å². The van der Waals surface area contributed by atoms with Crippen LogP contribution in [0.15, 0.2) is 6.07 Å². The standard InChI is InChI=1S/C34H39N3O12S/c1-13-8-16-9-18-33(43)37-19-10-46-34(44)17(35-20(39)6-7-21(40)41)11-50-32(26(37)25(36(18)4)22(16)27(42)28(13)45-5)24-23(19)31-30(47-12-48-31)14(2)29(24)49-15(3)38/h8,17-19,25-26,32-33,42-43H,6-7,9-12H2,1-5H3,(H,35,39)(H,40,41)/t17-,18+,19+,25+,26?,32+,33-/m0/s1. The van der Waals surface area contributed by atoms with Crippen molar-refractivity contribution < 1.29 is 58.2 Å². The number of carboxylic acid groups (broad SMARTS) is 1. The molecule has 0 spiro atoms. The summed E-state index contributed by atoms with van der Waals surface area (Å²) in [6, 6.07) is -1.59. The van der Waals surface area contributed by atoms with Crippen molar-refractivity contribution in [1.29, 1.82) is 0 Å². The average Bonchev–Trinajstić information content (AvgIpc) is 3.55. The minimum Gasteiger partial charge on any atom is -0.504 e. The molecule has 0 saturated carbocycles. The lowest BCUT2D eigenvalue weighted by Gasteiger charge is -2.62. The molecule has 2 fully saturated rings. The number of aliphatic hydroxyl groups is 1. The van der Waals surface area contributed by atoms with Crippen LogP contribution in [0.2, 0.25) is 0 Å². The molecule has 0 radical (unpaired) electrons. The quantitative estimate of drug-likeness (QED) is 0.251. The Balaban J connectivity index is 1.45. The Morgan fingerprint density at radius 1 is 1.08 bits per heavy atom. The highest BCUT2D eigenvalue weighted by atomic mass is 32.2. The molecule has 268 valence electrons. The molecule has 5 heterocycles. The molecule has 0 aromatic heterocycles. The molecule has 4 bridgehead atoms. The van der Waals surface area contributed by atoms with Gasteiger partial charge in [0.1, 0.15) is 24.6 Å². The number of ether oxygens (including phenoxy) is 5. The van der Waals surface area contributed by atoms with Gasteiger partial charge >= 0.3 is 17.9 Å². The average molecular weight is 714 g/mol. The Morgan fingerprint density at radius 3 is 2.52 bits per heavy atom. The summed E-state index contributed by atoms with van der Waals surface area (Å²) in [5, 5.41) is 35.2. The number of benzene rings is 2. The van der Waals surface area contributed by atoms with Crippen LogP contribution in [0, 0.1) is 13.8 Å². The third kappa shape index (κ3) is 5.31. The van der Waals surface area contributed by atoms with Crippen LogP contribution in [0.1, 0.15) is 70.5 Å². The summed E-state index contributed by atoms with van der Waals surface area (Å²) in [6.45, 7) is 4.53. The summed E-state index contributed by atoms with van der Waals surface area (Å²) in [5.41, 5.74) is 3.93. The number of nitrogens with zero attached hydrogens (tertiary/aromatic N) is 2. The number of aryl methyl sites for hydroxylation is 1. The zero-order valence-corrected chi connectivity index (χ0v) is 29.0. The van der Waals surface area contributed by atoms with Crippen molar-refractivity contribution >= 4 is 35.6 Å². The normalized spacial score (nSPS) is 28.1. The summed E-state index contributed by atoms with van der Waals surface area (Å²) >= 11 is 1.29. The fourth-order valence-corrected chi connectivity index (χ4v) is 9.87. The first-order chi connectivity index (χ1) is 23.8. The van der Waals surface area contributed by atoms with Crippen LogP contribution >= 0.6 is 11.8 Å². The van der Waals surface area contributed by atoms with E-state index in [1.165, 1.54) is 25.8 Å². The first-order valence-corrected chi connectivity index (χ1v) is 17.4. The van der Waals surface area contributed by atoms with Gasteiger partial charge in [-0.2, -0.15) is 0 Å². The van der Waals surface area contributed by atoms with E-state index in [0.29, 0.717) is 45.9 Å². The maximum absolute atomic E-state index is 13.6. The molecule has 0 aliphatic carbocycles. The van der Waals surface area contributed by atoms with Crippen LogP contribution in [-0.4, -0.2) is 107 Å². The topological polar surface area (TPSA) is 194 Å². The molecular weight excluding hydrogens is 674 g/mol. The van der Waals surface area contributed by atoms with Crippen molar-refractivity contribution in [2.24, 2.45) is 0 Å². The van der Waals surface area contributed by atoms with Gasteiger partial charge in [-0.05, 0) is 38.4 Å².